The van der Waals surface area contributed by atoms with Crippen molar-refractivity contribution in [1.82, 2.24) is 10.0 Å². The summed E-state index contributed by atoms with van der Waals surface area (Å²) < 4.78 is 42.0. The Morgan fingerprint density at radius 1 is 0.978 bits per heavy atom. The largest absolute Gasteiger partial charge is 0.325 e. The van der Waals surface area contributed by atoms with Gasteiger partial charge in [-0.05, 0) is 86.1 Å². The average Bonchev–Trinajstić information content (AvgIpc) is 3.46. The fourth-order valence-electron chi connectivity index (χ4n) is 9.89. The number of nitrogens with one attached hydrogen (secondary N) is 3. The van der Waals surface area contributed by atoms with Gasteiger partial charge in [-0.3, -0.25) is 24.4 Å². The molecule has 4 aliphatic carbocycles. The number of fused-ring (bicyclic) bond motifs is 6. The highest BCUT2D eigenvalue weighted by molar-refractivity contribution is 7.89. The summed E-state index contributed by atoms with van der Waals surface area (Å²) in [5, 5.41) is 7.19. The number of carbonyl (C=O) groups is 3. The fraction of sp³-hybridized carbons (Fsp3) is 0.559. The number of hydrogen-bond donors (Lipinski definition) is 3. The second kappa shape index (κ2) is 11.0. The van der Waals surface area contributed by atoms with E-state index in [1.54, 1.807) is 24.3 Å². The molecule has 3 N–H and O–H groups in total. The van der Waals surface area contributed by atoms with E-state index in [1.807, 2.05) is 6.07 Å². The number of Topliss-reactive ketones (excluding diaryl/α,β-unsaturated/α-hetero) is 1. The van der Waals surface area contributed by atoms with Gasteiger partial charge in [0.05, 0.1) is 22.7 Å². The maximum Gasteiger partial charge on any atom is 0.239 e. The number of sulfonamides is 1. The van der Waals surface area contributed by atoms with Crippen molar-refractivity contribution in [3.63, 3.8) is 0 Å². The van der Waals surface area contributed by atoms with Crippen LogP contribution < -0.4 is 15.4 Å². The second-order valence-electron chi connectivity index (χ2n) is 14.5. The minimum absolute atomic E-state index is 0.0694. The molecule has 4 saturated carbocycles. The van der Waals surface area contributed by atoms with Crippen LogP contribution in [0, 0.1) is 16.6 Å². The van der Waals surface area contributed by atoms with Gasteiger partial charge in [0.2, 0.25) is 21.8 Å². The Bertz CT molecular complexity index is 1740. The van der Waals surface area contributed by atoms with E-state index in [-0.39, 0.29) is 34.1 Å². The molecule has 6 aliphatic rings. The van der Waals surface area contributed by atoms with Crippen molar-refractivity contribution in [3.05, 3.63) is 63.4 Å². The highest BCUT2D eigenvalue weighted by Crippen LogP contribution is 2.64. The van der Waals surface area contributed by atoms with Crippen LogP contribution in [0.2, 0.25) is 10.0 Å². The Labute approximate surface area is 278 Å². The van der Waals surface area contributed by atoms with Gasteiger partial charge in [-0.15, -0.1) is 0 Å². The van der Waals surface area contributed by atoms with Gasteiger partial charge in [-0.2, -0.15) is 0 Å². The van der Waals surface area contributed by atoms with Crippen LogP contribution in [0.3, 0.4) is 0 Å². The maximum absolute atomic E-state index is 16.2. The quantitative estimate of drug-likeness (QED) is 0.334. The molecule has 5 fully saturated rings. The molecule has 2 aromatic rings. The van der Waals surface area contributed by atoms with Crippen LogP contribution in [-0.2, 0) is 29.8 Å². The molecular formula is C34H38Cl2FN3O5S. The van der Waals surface area contributed by atoms with Crippen molar-refractivity contribution in [2.45, 2.75) is 100.0 Å². The summed E-state index contributed by atoms with van der Waals surface area (Å²) in [7, 11) is -3.68. The molecule has 12 heteroatoms. The van der Waals surface area contributed by atoms with E-state index in [2.05, 4.69) is 15.4 Å². The summed E-state index contributed by atoms with van der Waals surface area (Å²) >= 11 is 12.7. The molecule has 8 rings (SSSR count). The van der Waals surface area contributed by atoms with Gasteiger partial charge < -0.3 is 5.32 Å². The molecule has 1 saturated heterocycles. The van der Waals surface area contributed by atoms with Crippen molar-refractivity contribution in [1.29, 1.82) is 0 Å². The van der Waals surface area contributed by atoms with E-state index in [0.29, 0.717) is 67.6 Å². The van der Waals surface area contributed by atoms with Gasteiger partial charge in [0.1, 0.15) is 11.2 Å². The lowest BCUT2D eigenvalue weighted by molar-refractivity contribution is -0.140. The van der Waals surface area contributed by atoms with Crippen LogP contribution in [0.4, 0.5) is 10.1 Å². The smallest absolute Gasteiger partial charge is 0.239 e. The van der Waals surface area contributed by atoms with E-state index in [9.17, 15) is 22.8 Å². The number of carbonyl (C=O) groups excluding carboxylic acids is 3. The number of halogens is 3. The maximum atomic E-state index is 16.2. The Kier molecular flexibility index (Phi) is 7.66. The Morgan fingerprint density at radius 2 is 1.65 bits per heavy atom. The van der Waals surface area contributed by atoms with Gasteiger partial charge >= 0.3 is 0 Å². The van der Waals surface area contributed by atoms with Gasteiger partial charge in [-0.25, -0.2) is 12.8 Å². The van der Waals surface area contributed by atoms with E-state index in [1.165, 1.54) is 6.07 Å². The average molecular weight is 691 g/mol. The lowest BCUT2D eigenvalue weighted by atomic mass is 9.51. The molecule has 0 radical (unpaired) electrons. The molecule has 2 amide bonds. The molecule has 0 aromatic heterocycles. The molecule has 0 unspecified atom stereocenters. The first-order valence-corrected chi connectivity index (χ1v) is 18.8. The highest BCUT2D eigenvalue weighted by atomic mass is 35.5. The molecule has 2 aliphatic heterocycles. The molecule has 2 heterocycles. The van der Waals surface area contributed by atoms with Crippen LogP contribution in [0.15, 0.2) is 36.4 Å². The number of benzene rings is 2. The molecule has 246 valence electrons. The Hall–Kier alpha value is -2.53. The summed E-state index contributed by atoms with van der Waals surface area (Å²) in [6, 6.07) is 9.23. The lowest BCUT2D eigenvalue weighted by Gasteiger charge is -2.52. The normalized spacial score (nSPS) is 32.8. The summed E-state index contributed by atoms with van der Waals surface area (Å²) in [5.41, 5.74) is -1.67. The first kappa shape index (κ1) is 32.0. The molecule has 2 spiro atoms. The highest BCUT2D eigenvalue weighted by Gasteiger charge is 2.72. The third kappa shape index (κ3) is 4.76. The standard InChI is InChI=1S/C34H38Cl2FN3O5S/c1-46(44,45)40-29(42)32-15-12-31(13-16-32,14-17-32)19-25(41)28-26(21-6-5-7-23(36)27(21)37)34(33(39-28)10-3-2-4-11-33)22-9-8-20(35)18-24(22)38-30(34)43/h5-9,18,26,28,39H,2-4,10-17,19H2,1H3,(H,38,43)(H,40,42)/t26-,28-,31?,32?,34+/m0/s1. The lowest BCUT2D eigenvalue weighted by Crippen LogP contribution is -2.60. The number of rotatable bonds is 6. The van der Waals surface area contributed by atoms with Crippen LogP contribution in [0.5, 0.6) is 0 Å². The van der Waals surface area contributed by atoms with E-state index >= 15 is 4.39 Å². The molecule has 46 heavy (non-hydrogen) atoms. The predicted molar refractivity (Wildman–Crippen MR) is 174 cm³/mol. The minimum Gasteiger partial charge on any atom is -0.325 e. The second-order valence-corrected chi connectivity index (χ2v) is 17.1. The van der Waals surface area contributed by atoms with Crippen LogP contribution in [0.1, 0.15) is 94.1 Å². The van der Waals surface area contributed by atoms with Crippen molar-refractivity contribution >= 4 is 56.5 Å². The van der Waals surface area contributed by atoms with E-state index in [0.717, 1.165) is 25.5 Å². The first-order chi connectivity index (χ1) is 21.7. The van der Waals surface area contributed by atoms with Crippen LogP contribution in [0.25, 0.3) is 0 Å². The molecule has 2 bridgehead atoms. The zero-order valence-corrected chi connectivity index (χ0v) is 28.0. The molecule has 3 atom stereocenters. The predicted octanol–water partition coefficient (Wildman–Crippen LogP) is 6.16. The summed E-state index contributed by atoms with van der Waals surface area (Å²) in [4.78, 5) is 42.3. The fourth-order valence-corrected chi connectivity index (χ4v) is 10.8. The number of hydrogen-bond acceptors (Lipinski definition) is 6. The third-order valence-corrected chi connectivity index (χ3v) is 13.2. The van der Waals surface area contributed by atoms with Crippen molar-refractivity contribution in [2.24, 2.45) is 10.8 Å². The monoisotopic (exact) mass is 689 g/mol. The topological polar surface area (TPSA) is 121 Å². The van der Waals surface area contributed by atoms with Crippen LogP contribution >= 0.6 is 23.2 Å². The summed E-state index contributed by atoms with van der Waals surface area (Å²) in [6.45, 7) is 0. The Morgan fingerprint density at radius 3 is 2.30 bits per heavy atom. The third-order valence-electron chi connectivity index (χ3n) is 12.1. The van der Waals surface area contributed by atoms with Gasteiger partial charge in [0.15, 0.2) is 5.78 Å². The first-order valence-electron chi connectivity index (χ1n) is 16.1. The van der Waals surface area contributed by atoms with E-state index in [4.69, 9.17) is 23.2 Å². The van der Waals surface area contributed by atoms with Crippen LogP contribution in [-0.4, -0.2) is 43.9 Å². The van der Waals surface area contributed by atoms with E-state index < -0.39 is 50.1 Å². The molecule has 8 nitrogen and oxygen atoms in total. The molecular weight excluding hydrogens is 652 g/mol. The number of amides is 2. The zero-order valence-electron chi connectivity index (χ0n) is 25.7. The summed E-state index contributed by atoms with van der Waals surface area (Å²) in [6.07, 6.45) is 8.52. The van der Waals surface area contributed by atoms with Crippen molar-refractivity contribution < 1.29 is 27.2 Å². The van der Waals surface area contributed by atoms with Crippen molar-refractivity contribution in [2.75, 3.05) is 11.6 Å². The van der Waals surface area contributed by atoms with Gasteiger partial charge in [0.25, 0.3) is 0 Å². The SMILES string of the molecule is CS(=O)(=O)NC(=O)C12CCC(CC(=O)[C@@H]3NC4(CCCCC4)[C@@]4(C(=O)Nc5cc(Cl)ccc54)[C@H]3c3cccc(Cl)c3F)(CC1)CC2. The van der Waals surface area contributed by atoms with Crippen molar-refractivity contribution in [3.8, 4) is 0 Å². The minimum atomic E-state index is -3.68. The number of ketones is 1. The molecule has 2 aromatic carbocycles. The number of anilines is 1. The van der Waals surface area contributed by atoms with Gasteiger partial charge in [0, 0.05) is 28.6 Å². The summed E-state index contributed by atoms with van der Waals surface area (Å²) in [5.74, 6) is -2.32. The zero-order chi connectivity index (χ0) is 32.7. The van der Waals surface area contributed by atoms with Gasteiger partial charge in [-0.1, -0.05) is 60.7 Å². The Balaban J connectivity index is 1.29.